The van der Waals surface area contributed by atoms with E-state index in [1.165, 1.54) is 6.07 Å². The Bertz CT molecular complexity index is 347. The Balaban J connectivity index is 2.95. The Morgan fingerprint density at radius 3 is 2.86 bits per heavy atom. The SMILES string of the molecule is C/C(=C/CCBr)c1ccc(Cl)cc1F. The van der Waals surface area contributed by atoms with Crippen LogP contribution in [0.25, 0.3) is 5.57 Å². The van der Waals surface area contributed by atoms with E-state index in [2.05, 4.69) is 15.9 Å². The Labute approximate surface area is 96.9 Å². The van der Waals surface area contributed by atoms with Gasteiger partial charge >= 0.3 is 0 Å². The van der Waals surface area contributed by atoms with Crippen molar-refractivity contribution in [2.45, 2.75) is 13.3 Å². The highest BCUT2D eigenvalue weighted by Gasteiger charge is 2.03. The van der Waals surface area contributed by atoms with E-state index >= 15 is 0 Å². The molecule has 0 N–H and O–H groups in total. The fraction of sp³-hybridized carbons (Fsp3) is 0.273. The van der Waals surface area contributed by atoms with Crippen LogP contribution >= 0.6 is 27.5 Å². The average Bonchev–Trinajstić information content (AvgIpc) is 2.14. The lowest BCUT2D eigenvalue weighted by atomic mass is 10.1. The van der Waals surface area contributed by atoms with Crippen molar-refractivity contribution >= 4 is 33.1 Å². The van der Waals surface area contributed by atoms with E-state index in [-0.39, 0.29) is 5.82 Å². The highest BCUT2D eigenvalue weighted by Crippen LogP contribution is 2.21. The molecule has 14 heavy (non-hydrogen) atoms. The third kappa shape index (κ3) is 3.10. The van der Waals surface area contributed by atoms with Gasteiger partial charge in [-0.2, -0.15) is 0 Å². The summed E-state index contributed by atoms with van der Waals surface area (Å²) in [6.07, 6.45) is 2.90. The zero-order chi connectivity index (χ0) is 10.6. The highest BCUT2D eigenvalue weighted by atomic mass is 79.9. The van der Waals surface area contributed by atoms with Crippen LogP contribution in [0.4, 0.5) is 4.39 Å². The van der Waals surface area contributed by atoms with Crippen LogP contribution in [-0.2, 0) is 0 Å². The topological polar surface area (TPSA) is 0 Å². The van der Waals surface area contributed by atoms with E-state index in [4.69, 9.17) is 11.6 Å². The number of rotatable bonds is 3. The summed E-state index contributed by atoms with van der Waals surface area (Å²) in [5, 5.41) is 1.32. The molecule has 0 unspecified atom stereocenters. The Hall–Kier alpha value is -0.340. The third-order valence-corrected chi connectivity index (χ3v) is 2.61. The van der Waals surface area contributed by atoms with Gasteiger partial charge in [0.05, 0.1) is 0 Å². The zero-order valence-electron chi connectivity index (χ0n) is 7.86. The van der Waals surface area contributed by atoms with Gasteiger partial charge in [0, 0.05) is 15.9 Å². The van der Waals surface area contributed by atoms with E-state index in [0.717, 1.165) is 17.3 Å². The molecule has 0 nitrogen and oxygen atoms in total. The van der Waals surface area contributed by atoms with Crippen molar-refractivity contribution in [3.63, 3.8) is 0 Å². The summed E-state index contributed by atoms with van der Waals surface area (Å²) in [5.41, 5.74) is 1.56. The fourth-order valence-electron chi connectivity index (χ4n) is 1.19. The molecule has 0 radical (unpaired) electrons. The van der Waals surface area contributed by atoms with Crippen molar-refractivity contribution in [2.24, 2.45) is 0 Å². The van der Waals surface area contributed by atoms with Gasteiger partial charge in [-0.05, 0) is 31.1 Å². The fourth-order valence-corrected chi connectivity index (χ4v) is 1.58. The van der Waals surface area contributed by atoms with E-state index < -0.39 is 0 Å². The molecule has 0 spiro atoms. The first-order chi connectivity index (χ1) is 6.65. The smallest absolute Gasteiger partial charge is 0.132 e. The summed E-state index contributed by atoms with van der Waals surface area (Å²) >= 11 is 8.98. The molecule has 0 saturated heterocycles. The van der Waals surface area contributed by atoms with Gasteiger partial charge in [0.2, 0.25) is 0 Å². The largest absolute Gasteiger partial charge is 0.206 e. The summed E-state index contributed by atoms with van der Waals surface area (Å²) in [4.78, 5) is 0. The quantitative estimate of drug-likeness (QED) is 0.705. The minimum atomic E-state index is -0.263. The molecule has 0 aliphatic rings. The Morgan fingerprint density at radius 1 is 1.57 bits per heavy atom. The molecule has 1 aromatic rings. The van der Waals surface area contributed by atoms with Crippen molar-refractivity contribution < 1.29 is 4.39 Å². The summed E-state index contributed by atoms with van der Waals surface area (Å²) in [7, 11) is 0. The lowest BCUT2D eigenvalue weighted by Gasteiger charge is -2.03. The predicted octanol–water partition coefficient (Wildman–Crippen LogP) is 4.67. The zero-order valence-corrected chi connectivity index (χ0v) is 10.2. The van der Waals surface area contributed by atoms with Crippen molar-refractivity contribution in [3.8, 4) is 0 Å². The molecule has 0 amide bonds. The molecule has 0 bridgehead atoms. The molecule has 0 heterocycles. The molecule has 0 atom stereocenters. The first kappa shape index (κ1) is 11.7. The second-order valence-electron chi connectivity index (χ2n) is 2.99. The van der Waals surface area contributed by atoms with Crippen LogP contribution in [0.1, 0.15) is 18.9 Å². The van der Waals surface area contributed by atoms with Crippen molar-refractivity contribution in [1.29, 1.82) is 0 Å². The van der Waals surface area contributed by atoms with Crippen LogP contribution in [0.15, 0.2) is 24.3 Å². The summed E-state index contributed by atoms with van der Waals surface area (Å²) in [5.74, 6) is -0.263. The predicted molar refractivity (Wildman–Crippen MR) is 63.5 cm³/mol. The Kier molecular flexibility index (Phi) is 4.63. The molecular formula is C11H11BrClF. The number of halogens is 3. The van der Waals surface area contributed by atoms with E-state index in [9.17, 15) is 4.39 Å². The van der Waals surface area contributed by atoms with E-state index in [0.29, 0.717) is 10.6 Å². The molecule has 1 aromatic carbocycles. The summed E-state index contributed by atoms with van der Waals surface area (Å²) < 4.78 is 13.4. The van der Waals surface area contributed by atoms with Crippen LogP contribution in [-0.4, -0.2) is 5.33 Å². The second kappa shape index (κ2) is 5.52. The highest BCUT2D eigenvalue weighted by molar-refractivity contribution is 9.09. The van der Waals surface area contributed by atoms with Gasteiger partial charge in [-0.1, -0.05) is 39.7 Å². The molecule has 0 fully saturated rings. The maximum Gasteiger partial charge on any atom is 0.132 e. The van der Waals surface area contributed by atoms with Crippen LogP contribution in [0.2, 0.25) is 5.02 Å². The van der Waals surface area contributed by atoms with Crippen molar-refractivity contribution in [1.82, 2.24) is 0 Å². The van der Waals surface area contributed by atoms with Gasteiger partial charge in [0.25, 0.3) is 0 Å². The van der Waals surface area contributed by atoms with Crippen LogP contribution in [0.3, 0.4) is 0 Å². The monoisotopic (exact) mass is 276 g/mol. The van der Waals surface area contributed by atoms with Gasteiger partial charge in [0.1, 0.15) is 5.82 Å². The normalized spacial score (nSPS) is 11.9. The van der Waals surface area contributed by atoms with Crippen LogP contribution < -0.4 is 0 Å². The van der Waals surface area contributed by atoms with Gasteiger partial charge in [-0.3, -0.25) is 0 Å². The van der Waals surface area contributed by atoms with Crippen LogP contribution in [0.5, 0.6) is 0 Å². The molecule has 1 rings (SSSR count). The first-order valence-corrected chi connectivity index (χ1v) is 5.83. The third-order valence-electron chi connectivity index (χ3n) is 1.92. The number of hydrogen-bond donors (Lipinski definition) is 0. The number of benzene rings is 1. The van der Waals surface area contributed by atoms with E-state index in [1.807, 2.05) is 13.0 Å². The average molecular weight is 278 g/mol. The number of alkyl halides is 1. The molecular weight excluding hydrogens is 266 g/mol. The summed E-state index contributed by atoms with van der Waals surface area (Å²) in [6.45, 7) is 1.90. The van der Waals surface area contributed by atoms with Gasteiger partial charge in [0.15, 0.2) is 0 Å². The summed E-state index contributed by atoms with van der Waals surface area (Å²) in [6, 6.07) is 4.74. The number of hydrogen-bond acceptors (Lipinski definition) is 0. The van der Waals surface area contributed by atoms with Gasteiger partial charge in [-0.25, -0.2) is 4.39 Å². The first-order valence-electron chi connectivity index (χ1n) is 4.33. The second-order valence-corrected chi connectivity index (χ2v) is 4.22. The van der Waals surface area contributed by atoms with E-state index in [1.54, 1.807) is 12.1 Å². The molecule has 0 aliphatic heterocycles. The molecule has 3 heteroatoms. The minimum absolute atomic E-state index is 0.263. The molecule has 76 valence electrons. The molecule has 0 aromatic heterocycles. The maximum atomic E-state index is 13.4. The Morgan fingerprint density at radius 2 is 2.29 bits per heavy atom. The minimum Gasteiger partial charge on any atom is -0.206 e. The number of allylic oxidation sites excluding steroid dienone is 2. The lowest BCUT2D eigenvalue weighted by molar-refractivity contribution is 0.624. The molecule has 0 saturated carbocycles. The van der Waals surface area contributed by atoms with Crippen molar-refractivity contribution in [3.05, 3.63) is 40.7 Å². The molecule has 0 aliphatic carbocycles. The van der Waals surface area contributed by atoms with Crippen LogP contribution in [0, 0.1) is 5.82 Å². The van der Waals surface area contributed by atoms with Crippen molar-refractivity contribution in [2.75, 3.05) is 5.33 Å². The van der Waals surface area contributed by atoms with Gasteiger partial charge < -0.3 is 0 Å². The van der Waals surface area contributed by atoms with Gasteiger partial charge in [-0.15, -0.1) is 0 Å². The lowest BCUT2D eigenvalue weighted by Crippen LogP contribution is -1.86. The standard InChI is InChI=1S/C11H11BrClF/c1-8(3-2-6-12)10-5-4-9(13)7-11(10)14/h3-5,7H,2,6H2,1H3/b8-3-. The maximum absolute atomic E-state index is 13.4.